The minimum absolute atomic E-state index is 0.0146. The topological polar surface area (TPSA) is 87.4 Å². The van der Waals surface area contributed by atoms with Crippen molar-refractivity contribution in [3.05, 3.63) is 83.4 Å². The van der Waals surface area contributed by atoms with Gasteiger partial charge in [0.05, 0.1) is 13.1 Å². The molecule has 0 radical (unpaired) electrons. The Balaban J connectivity index is 1.56. The Hall–Kier alpha value is -3.68. The summed E-state index contributed by atoms with van der Waals surface area (Å²) in [6.45, 7) is 4.81. The first kappa shape index (κ1) is 23.0. The first-order valence-corrected chi connectivity index (χ1v) is 10.8. The van der Waals surface area contributed by atoms with E-state index in [9.17, 15) is 4.79 Å². The fourth-order valence-electron chi connectivity index (χ4n) is 3.28. The number of hydrogen-bond acceptors (Lipinski definition) is 4. The molecule has 0 saturated carbocycles. The summed E-state index contributed by atoms with van der Waals surface area (Å²) in [6, 6.07) is 16.1. The molecule has 0 spiro atoms. The molecule has 0 atom stereocenters. The Labute approximate surface area is 189 Å². The zero-order chi connectivity index (χ0) is 22.8. The lowest BCUT2D eigenvalue weighted by Gasteiger charge is -2.13. The van der Waals surface area contributed by atoms with Crippen molar-refractivity contribution in [1.29, 1.82) is 0 Å². The summed E-state index contributed by atoms with van der Waals surface area (Å²) < 4.78 is 1.80. The molecule has 3 aromatic rings. The molecular weight excluding hydrogens is 402 g/mol. The van der Waals surface area contributed by atoms with Gasteiger partial charge in [-0.25, -0.2) is 14.7 Å². The van der Waals surface area contributed by atoms with Gasteiger partial charge in [0.2, 0.25) is 0 Å². The molecular formula is C24H31N7O. The highest BCUT2D eigenvalue weighted by Crippen LogP contribution is 2.09. The number of nitrogens with zero attached hydrogens (tertiary/aromatic N) is 5. The lowest BCUT2D eigenvalue weighted by molar-refractivity contribution is 0.0827. The van der Waals surface area contributed by atoms with Crippen LogP contribution in [0.2, 0.25) is 0 Å². The number of hydrogen-bond donors (Lipinski definition) is 2. The summed E-state index contributed by atoms with van der Waals surface area (Å²) in [4.78, 5) is 22.5. The predicted octanol–water partition coefficient (Wildman–Crippen LogP) is 2.33. The lowest BCUT2D eigenvalue weighted by Crippen LogP contribution is -2.38. The van der Waals surface area contributed by atoms with Crippen LogP contribution in [0, 0.1) is 0 Å². The normalized spacial score (nSPS) is 11.3. The minimum Gasteiger partial charge on any atom is -0.357 e. The minimum atomic E-state index is 0.0146. The molecule has 8 heteroatoms. The third-order valence-corrected chi connectivity index (χ3v) is 4.85. The van der Waals surface area contributed by atoms with Gasteiger partial charge < -0.3 is 15.5 Å². The first-order chi connectivity index (χ1) is 15.5. The average Bonchev–Trinajstić information content (AvgIpc) is 3.30. The lowest BCUT2D eigenvalue weighted by atomic mass is 10.1. The van der Waals surface area contributed by atoms with E-state index in [0.29, 0.717) is 18.7 Å². The highest BCUT2D eigenvalue weighted by atomic mass is 16.2. The Morgan fingerprint density at radius 2 is 1.84 bits per heavy atom. The molecule has 1 amide bonds. The molecule has 0 aliphatic carbocycles. The van der Waals surface area contributed by atoms with E-state index in [1.165, 1.54) is 0 Å². The predicted molar refractivity (Wildman–Crippen MR) is 127 cm³/mol. The molecule has 2 N–H and O–H groups in total. The van der Waals surface area contributed by atoms with E-state index in [2.05, 4.69) is 38.9 Å². The number of carbonyl (C=O) groups is 1. The fourth-order valence-corrected chi connectivity index (χ4v) is 3.28. The molecule has 0 aliphatic rings. The van der Waals surface area contributed by atoms with Crippen LogP contribution >= 0.6 is 0 Å². The average molecular weight is 434 g/mol. The van der Waals surface area contributed by atoms with Gasteiger partial charge in [0.15, 0.2) is 5.96 Å². The van der Waals surface area contributed by atoms with Crippen LogP contribution in [-0.4, -0.2) is 58.7 Å². The van der Waals surface area contributed by atoms with Crippen LogP contribution in [0.4, 0.5) is 0 Å². The quantitative estimate of drug-likeness (QED) is 0.400. The van der Waals surface area contributed by atoms with E-state index in [0.717, 1.165) is 42.2 Å². The second-order valence-corrected chi connectivity index (χ2v) is 7.68. The maximum atomic E-state index is 12.2. The van der Waals surface area contributed by atoms with Gasteiger partial charge in [-0.2, -0.15) is 5.10 Å². The molecule has 8 nitrogen and oxygen atoms in total. The number of aliphatic imine (C=N–C) groups is 1. The highest BCUT2D eigenvalue weighted by molar-refractivity contribution is 5.94. The molecule has 168 valence electrons. The van der Waals surface area contributed by atoms with Gasteiger partial charge in [-0.3, -0.25) is 4.79 Å². The van der Waals surface area contributed by atoms with Crippen molar-refractivity contribution in [2.45, 2.75) is 26.4 Å². The SMILES string of the molecule is CCNC(=NCc1cccc(Cn2cncn2)c1)NCCc1cccc(C(=O)N(C)C)c1. The third-order valence-electron chi connectivity index (χ3n) is 4.85. The van der Waals surface area contributed by atoms with Crippen LogP contribution in [0.5, 0.6) is 0 Å². The molecule has 3 rings (SSSR count). The van der Waals surface area contributed by atoms with E-state index in [4.69, 9.17) is 4.99 Å². The molecule has 1 heterocycles. The number of benzene rings is 2. The summed E-state index contributed by atoms with van der Waals surface area (Å²) in [5, 5.41) is 10.8. The van der Waals surface area contributed by atoms with Gasteiger partial charge in [-0.05, 0) is 42.2 Å². The zero-order valence-corrected chi connectivity index (χ0v) is 19.0. The summed E-state index contributed by atoms with van der Waals surface area (Å²) in [5.41, 5.74) is 4.11. The smallest absolute Gasteiger partial charge is 0.253 e. The van der Waals surface area contributed by atoms with Gasteiger partial charge in [0.1, 0.15) is 12.7 Å². The van der Waals surface area contributed by atoms with Crippen molar-refractivity contribution in [1.82, 2.24) is 30.3 Å². The van der Waals surface area contributed by atoms with Crippen LogP contribution < -0.4 is 10.6 Å². The molecule has 2 aromatic carbocycles. The Morgan fingerprint density at radius 1 is 1.06 bits per heavy atom. The van der Waals surface area contributed by atoms with Crippen LogP contribution in [0.3, 0.4) is 0 Å². The Morgan fingerprint density at radius 3 is 2.59 bits per heavy atom. The second-order valence-electron chi connectivity index (χ2n) is 7.68. The monoisotopic (exact) mass is 433 g/mol. The first-order valence-electron chi connectivity index (χ1n) is 10.8. The number of rotatable bonds is 9. The molecule has 0 unspecified atom stereocenters. The van der Waals surface area contributed by atoms with Crippen molar-refractivity contribution in [2.24, 2.45) is 4.99 Å². The second kappa shape index (κ2) is 11.6. The summed E-state index contributed by atoms with van der Waals surface area (Å²) in [6.07, 6.45) is 4.05. The highest BCUT2D eigenvalue weighted by Gasteiger charge is 2.08. The van der Waals surface area contributed by atoms with Gasteiger partial charge in [0, 0.05) is 32.7 Å². The number of nitrogens with one attached hydrogen (secondary N) is 2. The Kier molecular flexibility index (Phi) is 8.36. The van der Waals surface area contributed by atoms with Crippen molar-refractivity contribution in [3.63, 3.8) is 0 Å². The number of amides is 1. The molecule has 1 aromatic heterocycles. The number of carbonyl (C=O) groups excluding carboxylic acids is 1. The molecule has 32 heavy (non-hydrogen) atoms. The van der Waals surface area contributed by atoms with E-state index in [-0.39, 0.29) is 5.91 Å². The number of guanidine groups is 1. The molecule has 0 bridgehead atoms. The maximum absolute atomic E-state index is 12.2. The van der Waals surface area contributed by atoms with Crippen molar-refractivity contribution < 1.29 is 4.79 Å². The summed E-state index contributed by atoms with van der Waals surface area (Å²) >= 11 is 0. The Bertz CT molecular complexity index is 1030. The number of aromatic nitrogens is 3. The summed E-state index contributed by atoms with van der Waals surface area (Å²) in [7, 11) is 3.53. The largest absolute Gasteiger partial charge is 0.357 e. The standard InChI is InChI=1S/C24H31N7O/c1-4-26-24(27-12-11-19-7-6-10-22(14-19)23(32)30(2)3)28-15-20-8-5-9-21(13-20)16-31-18-25-17-29-31/h5-10,13-14,17-18H,4,11-12,15-16H2,1-3H3,(H2,26,27,28). The van der Waals surface area contributed by atoms with E-state index in [1.807, 2.05) is 37.3 Å². The van der Waals surface area contributed by atoms with E-state index < -0.39 is 0 Å². The van der Waals surface area contributed by atoms with E-state index in [1.54, 1.807) is 36.3 Å². The van der Waals surface area contributed by atoms with Crippen molar-refractivity contribution >= 4 is 11.9 Å². The molecule has 0 saturated heterocycles. The van der Waals surface area contributed by atoms with Crippen molar-refractivity contribution in [2.75, 3.05) is 27.2 Å². The van der Waals surface area contributed by atoms with Crippen LogP contribution in [-0.2, 0) is 19.5 Å². The van der Waals surface area contributed by atoms with Crippen molar-refractivity contribution in [3.8, 4) is 0 Å². The molecule has 0 fully saturated rings. The van der Waals surface area contributed by atoms with Crippen LogP contribution in [0.15, 0.2) is 66.2 Å². The van der Waals surface area contributed by atoms with Gasteiger partial charge >= 0.3 is 0 Å². The summed E-state index contributed by atoms with van der Waals surface area (Å²) in [5.74, 6) is 0.787. The van der Waals surface area contributed by atoms with Crippen LogP contribution in [0.1, 0.15) is 34.0 Å². The van der Waals surface area contributed by atoms with E-state index >= 15 is 0 Å². The van der Waals surface area contributed by atoms with Crippen LogP contribution in [0.25, 0.3) is 0 Å². The third kappa shape index (κ3) is 6.94. The molecule has 0 aliphatic heterocycles. The van der Waals surface area contributed by atoms with Gasteiger partial charge in [-0.15, -0.1) is 0 Å². The maximum Gasteiger partial charge on any atom is 0.253 e. The van der Waals surface area contributed by atoms with Gasteiger partial charge in [-0.1, -0.05) is 36.4 Å². The van der Waals surface area contributed by atoms with Gasteiger partial charge in [0.25, 0.3) is 5.91 Å². The fraction of sp³-hybridized carbons (Fsp3) is 0.333. The zero-order valence-electron chi connectivity index (χ0n) is 19.0.